The van der Waals surface area contributed by atoms with E-state index in [0.717, 1.165) is 105 Å². The second-order valence-corrected chi connectivity index (χ2v) is 11.7. The summed E-state index contributed by atoms with van der Waals surface area (Å²) in [7, 11) is 0. The quantitative estimate of drug-likeness (QED) is 0.127. The SMILES string of the molecule is C=C/C=C(\C=C)c1c2ccccc2c(-c2cc3cc(C)c4oc(C=C)c(/C=C\C)c4c3c3c(/C=C\C)c(C=C)oc23)c2ccccc12. The van der Waals surface area contributed by atoms with Gasteiger partial charge in [-0.1, -0.05) is 117 Å². The summed E-state index contributed by atoms with van der Waals surface area (Å²) in [5, 5.41) is 8.83. The lowest BCUT2D eigenvalue weighted by Crippen LogP contribution is -1.94. The van der Waals surface area contributed by atoms with Crippen molar-refractivity contribution in [2.75, 3.05) is 0 Å². The lowest BCUT2D eigenvalue weighted by atomic mass is 9.84. The number of allylic oxidation sites excluding steroid dienone is 6. The Kier molecular flexibility index (Phi) is 7.50. The van der Waals surface area contributed by atoms with E-state index in [-0.39, 0.29) is 0 Å². The van der Waals surface area contributed by atoms with E-state index < -0.39 is 0 Å². The highest BCUT2D eigenvalue weighted by Gasteiger charge is 2.26. The highest BCUT2D eigenvalue weighted by atomic mass is 16.3. The van der Waals surface area contributed by atoms with Crippen LogP contribution in [0.2, 0.25) is 0 Å². The monoisotopic (exact) mass is 608 g/mol. The molecule has 0 aliphatic rings. The smallest absolute Gasteiger partial charge is 0.143 e. The molecule has 0 N–H and O–H groups in total. The van der Waals surface area contributed by atoms with E-state index in [1.54, 1.807) is 6.08 Å². The zero-order valence-corrected chi connectivity index (χ0v) is 27.1. The van der Waals surface area contributed by atoms with Crippen molar-refractivity contribution < 1.29 is 8.83 Å². The van der Waals surface area contributed by atoms with Crippen LogP contribution in [-0.2, 0) is 0 Å². The molecule has 0 saturated heterocycles. The fraction of sp³-hybridized carbons (Fsp3) is 0.0667. The Bertz CT molecular complexity index is 2500. The van der Waals surface area contributed by atoms with Gasteiger partial charge in [-0.25, -0.2) is 0 Å². The van der Waals surface area contributed by atoms with Gasteiger partial charge in [0.1, 0.15) is 22.7 Å². The predicted molar refractivity (Wildman–Crippen MR) is 207 cm³/mol. The molecule has 0 amide bonds. The zero-order valence-electron chi connectivity index (χ0n) is 27.1. The van der Waals surface area contributed by atoms with Gasteiger partial charge in [-0.05, 0) is 88.7 Å². The average molecular weight is 609 g/mol. The number of rotatable bonds is 8. The van der Waals surface area contributed by atoms with Crippen LogP contribution >= 0.6 is 0 Å². The second-order valence-electron chi connectivity index (χ2n) is 11.7. The van der Waals surface area contributed by atoms with Crippen LogP contribution in [0.15, 0.2) is 126 Å². The lowest BCUT2D eigenvalue weighted by Gasteiger charge is -2.19. The molecular formula is C45H36O2. The molecule has 7 rings (SSSR count). The number of aryl methyl sites for hydroxylation is 1. The maximum absolute atomic E-state index is 6.86. The van der Waals surface area contributed by atoms with Crippen LogP contribution in [0.1, 0.15) is 47.6 Å². The minimum absolute atomic E-state index is 0.730. The largest absolute Gasteiger partial charge is 0.456 e. The molecule has 0 unspecified atom stereocenters. The molecule has 2 nitrogen and oxygen atoms in total. The summed E-state index contributed by atoms with van der Waals surface area (Å²) in [4.78, 5) is 0. The molecule has 2 heterocycles. The van der Waals surface area contributed by atoms with Crippen LogP contribution in [0.25, 0.3) is 95.3 Å². The van der Waals surface area contributed by atoms with E-state index in [4.69, 9.17) is 8.83 Å². The topological polar surface area (TPSA) is 26.3 Å². The Morgan fingerprint density at radius 2 is 1.19 bits per heavy atom. The van der Waals surface area contributed by atoms with E-state index in [2.05, 4.69) is 112 Å². The summed E-state index contributed by atoms with van der Waals surface area (Å²) >= 11 is 0. The first-order valence-electron chi connectivity index (χ1n) is 15.9. The van der Waals surface area contributed by atoms with Crippen molar-refractivity contribution in [3.63, 3.8) is 0 Å². The van der Waals surface area contributed by atoms with E-state index in [0.29, 0.717) is 0 Å². The molecule has 0 atom stereocenters. The summed E-state index contributed by atoms with van der Waals surface area (Å²) < 4.78 is 13.3. The Balaban J connectivity index is 1.78. The van der Waals surface area contributed by atoms with Gasteiger partial charge in [0.05, 0.1) is 0 Å². The van der Waals surface area contributed by atoms with Crippen LogP contribution in [-0.4, -0.2) is 0 Å². The second kappa shape index (κ2) is 11.8. The van der Waals surface area contributed by atoms with Crippen molar-refractivity contribution in [3.05, 3.63) is 151 Å². The number of hydrogen-bond donors (Lipinski definition) is 0. The molecule has 0 aliphatic heterocycles. The maximum atomic E-state index is 6.86. The third kappa shape index (κ3) is 4.40. The maximum Gasteiger partial charge on any atom is 0.143 e. The highest BCUT2D eigenvalue weighted by Crippen LogP contribution is 2.49. The van der Waals surface area contributed by atoms with Gasteiger partial charge in [-0.3, -0.25) is 0 Å². The van der Waals surface area contributed by atoms with E-state index >= 15 is 0 Å². The van der Waals surface area contributed by atoms with Gasteiger partial charge in [-0.2, -0.15) is 0 Å². The molecule has 5 aromatic carbocycles. The van der Waals surface area contributed by atoms with Gasteiger partial charge >= 0.3 is 0 Å². The minimum atomic E-state index is 0.730. The molecule has 0 fully saturated rings. The Morgan fingerprint density at radius 1 is 0.660 bits per heavy atom. The molecule has 0 spiro atoms. The highest BCUT2D eigenvalue weighted by molar-refractivity contribution is 6.29. The summed E-state index contributed by atoms with van der Waals surface area (Å²) in [5.74, 6) is 1.48. The summed E-state index contributed by atoms with van der Waals surface area (Å²) in [6.07, 6.45) is 17.7. The molecular weight excluding hydrogens is 572 g/mol. The molecule has 2 aromatic heterocycles. The van der Waals surface area contributed by atoms with Gasteiger partial charge in [0, 0.05) is 38.4 Å². The normalized spacial score (nSPS) is 12.4. The molecule has 0 bridgehead atoms. The van der Waals surface area contributed by atoms with Gasteiger partial charge in [0.25, 0.3) is 0 Å². The third-order valence-electron chi connectivity index (χ3n) is 9.06. The molecule has 0 radical (unpaired) electrons. The van der Waals surface area contributed by atoms with Crippen molar-refractivity contribution in [1.29, 1.82) is 0 Å². The van der Waals surface area contributed by atoms with E-state index in [1.165, 1.54) is 0 Å². The van der Waals surface area contributed by atoms with Crippen LogP contribution in [0.3, 0.4) is 0 Å². The molecule has 228 valence electrons. The van der Waals surface area contributed by atoms with Gasteiger partial charge in [0.15, 0.2) is 0 Å². The number of furan rings is 2. The minimum Gasteiger partial charge on any atom is -0.456 e. The van der Waals surface area contributed by atoms with E-state index in [9.17, 15) is 0 Å². The molecule has 0 saturated carbocycles. The van der Waals surface area contributed by atoms with Crippen molar-refractivity contribution in [2.24, 2.45) is 0 Å². The molecule has 7 aromatic rings. The van der Waals surface area contributed by atoms with E-state index in [1.807, 2.05) is 44.2 Å². The summed E-state index contributed by atoms with van der Waals surface area (Å²) in [5.41, 5.74) is 9.05. The van der Waals surface area contributed by atoms with Crippen molar-refractivity contribution >= 4 is 84.1 Å². The average Bonchev–Trinajstić information content (AvgIpc) is 3.65. The van der Waals surface area contributed by atoms with Crippen LogP contribution in [0.5, 0.6) is 0 Å². The first kappa shape index (κ1) is 29.8. The first-order chi connectivity index (χ1) is 23.0. The summed E-state index contributed by atoms with van der Waals surface area (Å²) in [6.45, 7) is 22.5. The predicted octanol–water partition coefficient (Wildman–Crippen LogP) is 13.7. The number of fused-ring (bicyclic) bond motifs is 7. The molecule has 0 aliphatic carbocycles. The fourth-order valence-electron chi connectivity index (χ4n) is 7.27. The van der Waals surface area contributed by atoms with Crippen LogP contribution < -0.4 is 0 Å². The van der Waals surface area contributed by atoms with Crippen LogP contribution in [0.4, 0.5) is 0 Å². The Labute approximate surface area is 275 Å². The standard InChI is InChI=1S/C45H36O2/c1-8-18-28(11-4)39-30-21-14-16-23-32(30)41(33-24-17-15-22-31(33)39)36-26-29-25-27(7)44-42(34(19-9-2)37(12-5)46-44)40(29)43-35(20-10-3)38(13-6)47-45(36)43/h8-26H,1,4-6H2,2-3,7H3/b19-9-,20-10-,28-18+. The fourth-order valence-corrected chi connectivity index (χ4v) is 7.27. The first-order valence-corrected chi connectivity index (χ1v) is 15.9. The molecule has 2 heteroatoms. The number of benzene rings is 5. The van der Waals surface area contributed by atoms with Crippen LogP contribution in [0, 0.1) is 6.92 Å². The zero-order chi connectivity index (χ0) is 32.8. The Hall–Kier alpha value is -5.86. The van der Waals surface area contributed by atoms with Crippen molar-refractivity contribution in [1.82, 2.24) is 0 Å². The lowest BCUT2D eigenvalue weighted by molar-refractivity contribution is 0.601. The van der Waals surface area contributed by atoms with Gasteiger partial charge in [0.2, 0.25) is 0 Å². The van der Waals surface area contributed by atoms with Crippen molar-refractivity contribution in [2.45, 2.75) is 20.8 Å². The molecule has 47 heavy (non-hydrogen) atoms. The van der Waals surface area contributed by atoms with Gasteiger partial charge in [-0.15, -0.1) is 0 Å². The van der Waals surface area contributed by atoms with Gasteiger partial charge < -0.3 is 8.83 Å². The van der Waals surface area contributed by atoms with Crippen molar-refractivity contribution in [3.8, 4) is 11.1 Å². The Morgan fingerprint density at radius 3 is 1.70 bits per heavy atom. The summed E-state index contributed by atoms with van der Waals surface area (Å²) in [6, 6.07) is 21.7. The number of hydrogen-bond acceptors (Lipinski definition) is 2. The third-order valence-corrected chi connectivity index (χ3v) is 9.06.